The molecule has 4 aliphatic carbocycles. The average Bonchev–Trinajstić information content (AvgIpc) is 3.15. The summed E-state index contributed by atoms with van der Waals surface area (Å²) < 4.78 is 0. The molecular weight excluding hydrogens is 692 g/mol. The van der Waals surface area contributed by atoms with Gasteiger partial charge in [-0.2, -0.15) is 0 Å². The minimum atomic E-state index is -0.447. The summed E-state index contributed by atoms with van der Waals surface area (Å²) in [7, 11) is 4.16. The summed E-state index contributed by atoms with van der Waals surface area (Å²) in [5.41, 5.74) is 7.72. The normalized spacial score (nSPS) is 20.8. The molecule has 4 fully saturated rings. The van der Waals surface area contributed by atoms with Crippen molar-refractivity contribution < 1.29 is 22.1 Å². The van der Waals surface area contributed by atoms with Crippen LogP contribution in [0.5, 0.6) is 0 Å². The molecule has 2 aromatic carbocycles. The summed E-state index contributed by atoms with van der Waals surface area (Å²) in [6.45, 7) is 4.34. The van der Waals surface area contributed by atoms with Gasteiger partial charge in [-0.1, -0.05) is 87.8 Å². The number of nitrogens with zero attached hydrogens (tertiary/aromatic N) is 2. The van der Waals surface area contributed by atoms with E-state index in [9.17, 15) is 0 Å². The Morgan fingerprint density at radius 2 is 1.04 bits per heavy atom. The van der Waals surface area contributed by atoms with Crippen LogP contribution in [0.1, 0.15) is 140 Å². The van der Waals surface area contributed by atoms with E-state index in [2.05, 4.69) is 63.8 Å². The number of carbonyl (C=O) groups excluding carboxylic acids is 1. The maximum atomic E-state index is 7.75. The van der Waals surface area contributed by atoms with Crippen LogP contribution in [0.4, 0.5) is 0 Å². The van der Waals surface area contributed by atoms with Crippen LogP contribution >= 0.6 is 17.6 Å². The molecule has 0 N–H and O–H groups in total. The summed E-state index contributed by atoms with van der Waals surface area (Å²) in [5.74, 6) is 0. The van der Waals surface area contributed by atoms with Crippen molar-refractivity contribution in [1.29, 1.82) is 0 Å². The van der Waals surface area contributed by atoms with E-state index in [1.807, 2.05) is 0 Å². The molecule has 0 spiro atoms. The molecule has 46 heavy (non-hydrogen) atoms. The Hall–Kier alpha value is -0.917. The van der Waals surface area contributed by atoms with Gasteiger partial charge in [0.1, 0.15) is 0 Å². The summed E-state index contributed by atoms with van der Waals surface area (Å²) in [5, 5.41) is 2.71. The van der Waals surface area contributed by atoms with Crippen molar-refractivity contribution in [3.8, 4) is 0 Å². The van der Waals surface area contributed by atoms with Crippen molar-refractivity contribution in [1.82, 2.24) is 9.88 Å². The van der Waals surface area contributed by atoms with Crippen LogP contribution in [0.25, 0.3) is 21.8 Å². The number of rotatable bonds is 8. The summed E-state index contributed by atoms with van der Waals surface area (Å²) >= 11 is 1.62. The average molecular weight is 750 g/mol. The molecule has 4 saturated carbocycles. The smallest absolute Gasteiger partial charge is 0.0847 e. The molecule has 3 nitrogen and oxygen atoms in total. The van der Waals surface area contributed by atoms with E-state index in [0.29, 0.717) is 0 Å². The van der Waals surface area contributed by atoms with Gasteiger partial charge in [-0.3, -0.25) is 11.7 Å². The molecule has 252 valence electrons. The minimum Gasteiger partial charge on any atom is -0.293 e. The van der Waals surface area contributed by atoms with Crippen LogP contribution in [-0.4, -0.2) is 40.1 Å². The maximum Gasteiger partial charge on any atom is 0.0847 e. The zero-order valence-corrected chi connectivity index (χ0v) is 31.7. The Labute approximate surface area is 294 Å². The molecule has 7 rings (SSSR count). The van der Waals surface area contributed by atoms with Crippen molar-refractivity contribution in [2.24, 2.45) is 0 Å². The zero-order chi connectivity index (χ0) is 32.1. The number of aromatic nitrogens is 1. The fourth-order valence-electron chi connectivity index (χ4n) is 9.64. The van der Waals surface area contributed by atoms with E-state index in [0.717, 1.165) is 29.9 Å². The quantitative estimate of drug-likeness (QED) is 0.0756. The largest absolute Gasteiger partial charge is 0.293 e. The predicted octanol–water partition coefficient (Wildman–Crippen LogP) is 11.4. The molecule has 3 aromatic rings. The van der Waals surface area contributed by atoms with Gasteiger partial charge < -0.3 is 4.79 Å². The Balaban J connectivity index is 0.00000100. The van der Waals surface area contributed by atoms with Crippen molar-refractivity contribution in [2.75, 3.05) is 0 Å². The number of halogens is 1. The first kappa shape index (κ1) is 36.4. The molecule has 1 heterocycles. The first-order valence-electron chi connectivity index (χ1n) is 18.6. The van der Waals surface area contributed by atoms with Gasteiger partial charge in [-0.15, -0.1) is 0 Å². The minimum absolute atomic E-state index is 0.447. The number of hydrogen-bond donors (Lipinski definition) is 0. The summed E-state index contributed by atoms with van der Waals surface area (Å²) in [6, 6.07) is 18.2. The molecule has 0 unspecified atom stereocenters. The van der Waals surface area contributed by atoms with E-state index >= 15 is 0 Å². The fraction of sp³-hybridized carbons (Fsp3) is 0.650. The fourth-order valence-corrected chi connectivity index (χ4v) is 13.9. The molecule has 0 atom stereocenters. The Morgan fingerprint density at radius 1 is 0.630 bits per heavy atom. The molecule has 4 aliphatic rings. The standard InChI is InChI=1S/C39H55N2P.CHO.ClH.Ru.H/c1-5-19-34(20-6-1)41(35-21-7-2-8-22-35)28-32-17-13-15-30-27-31-16-14-18-33(39(31)40-38(30)32)29-42(36-23-9-3-10-24-36)37-25-11-4-12-26-37;1-2;;;/h13-18,27,34-37H,1-12,19-26,28-29H2;1H;1H;;/q;-1;;+3;. The van der Waals surface area contributed by atoms with Crippen LogP contribution in [0.15, 0.2) is 42.5 Å². The molecule has 0 radical (unpaired) electrons. The van der Waals surface area contributed by atoms with Crippen molar-refractivity contribution in [3.05, 3.63) is 53.6 Å². The van der Waals surface area contributed by atoms with Crippen molar-refractivity contribution in [3.63, 3.8) is 0 Å². The Kier molecular flexibility index (Phi) is 15.3. The van der Waals surface area contributed by atoms with E-state index in [-0.39, 0.29) is 0 Å². The van der Waals surface area contributed by atoms with E-state index in [1.165, 1.54) is 162 Å². The number of hydrogen-bond acceptors (Lipinski definition) is 3. The van der Waals surface area contributed by atoms with E-state index < -0.39 is 7.92 Å². The van der Waals surface area contributed by atoms with Crippen LogP contribution in [0.2, 0.25) is 0 Å². The van der Waals surface area contributed by atoms with Crippen molar-refractivity contribution >= 4 is 46.2 Å². The van der Waals surface area contributed by atoms with Crippen LogP contribution < -0.4 is 0 Å². The Morgan fingerprint density at radius 3 is 1.52 bits per heavy atom. The molecule has 0 aliphatic heterocycles. The molecule has 6 heteroatoms. The van der Waals surface area contributed by atoms with E-state index in [1.54, 1.807) is 22.9 Å². The van der Waals surface area contributed by atoms with Gasteiger partial charge in [-0.25, -0.2) is 4.98 Å². The van der Waals surface area contributed by atoms with Crippen molar-refractivity contribution in [2.45, 2.75) is 165 Å². The van der Waals surface area contributed by atoms with Crippen LogP contribution in [0, 0.1) is 0 Å². The van der Waals surface area contributed by atoms with Gasteiger partial charge in [-0.05, 0) is 88.7 Å². The topological polar surface area (TPSA) is 33.2 Å². The van der Waals surface area contributed by atoms with Crippen LogP contribution in [0.3, 0.4) is 0 Å². The summed E-state index contributed by atoms with van der Waals surface area (Å²) in [6.07, 6.45) is 30.4. The molecule has 0 saturated heterocycles. The SMILES string of the molecule is [CH-]=O.[Cl][RuH+2].c1cc(CN(C2CCCCC2)C2CCCCC2)c2nc3c(C[PH+](C4CCCCC4)C4CCCCC4)cccc3cc2c1. The first-order chi connectivity index (χ1) is 22.8. The number of benzene rings is 2. The van der Waals surface area contributed by atoms with Gasteiger partial charge in [0, 0.05) is 42.9 Å². The van der Waals surface area contributed by atoms with Crippen LogP contribution in [-0.2, 0) is 34.8 Å². The van der Waals surface area contributed by atoms with Gasteiger partial charge >= 0.3 is 27.0 Å². The number of fused-ring (bicyclic) bond motifs is 2. The Bertz CT molecular complexity index is 1200. The zero-order valence-electron chi connectivity index (χ0n) is 28.0. The third kappa shape index (κ3) is 9.20. The van der Waals surface area contributed by atoms with E-state index in [4.69, 9.17) is 9.78 Å². The molecule has 0 bridgehead atoms. The second kappa shape index (κ2) is 19.3. The number of para-hydroxylation sites is 2. The van der Waals surface area contributed by atoms with Gasteiger partial charge in [0.25, 0.3) is 0 Å². The first-order valence-corrected chi connectivity index (χ1v) is 22.9. The maximum absolute atomic E-state index is 7.75. The third-order valence-corrected chi connectivity index (χ3v) is 16.0. The summed E-state index contributed by atoms with van der Waals surface area (Å²) in [4.78, 5) is 16.4. The van der Waals surface area contributed by atoms with Gasteiger partial charge in [0.15, 0.2) is 0 Å². The predicted molar refractivity (Wildman–Crippen MR) is 198 cm³/mol. The molecule has 0 amide bonds. The number of pyridine rings is 1. The molecule has 1 aromatic heterocycles. The van der Waals surface area contributed by atoms with Gasteiger partial charge in [0.2, 0.25) is 0 Å². The second-order valence-corrected chi connectivity index (χ2v) is 17.8. The monoisotopic (exact) mass is 750 g/mol. The van der Waals surface area contributed by atoms with Gasteiger partial charge in [0.05, 0.1) is 28.5 Å². The third-order valence-electron chi connectivity index (χ3n) is 11.9. The second-order valence-electron chi connectivity index (χ2n) is 14.6. The molecular formula is C40H58ClN2OPRu+2.